The maximum atomic E-state index is 5.81. The second-order valence-electron chi connectivity index (χ2n) is 4.55. The first-order valence-electron chi connectivity index (χ1n) is 9.05. The Morgan fingerprint density at radius 2 is 0.960 bits per heavy atom. The van der Waals surface area contributed by atoms with Crippen molar-refractivity contribution in [3.8, 4) is 11.5 Å². The van der Waals surface area contributed by atoms with Crippen molar-refractivity contribution in [2.45, 2.75) is 48.0 Å². The summed E-state index contributed by atoms with van der Waals surface area (Å²) >= 11 is 0. The van der Waals surface area contributed by atoms with Crippen LogP contribution in [0, 0.1) is 11.5 Å². The van der Waals surface area contributed by atoms with Crippen LogP contribution in [0.5, 0.6) is 0 Å². The number of hydrogen-bond donors (Lipinski definition) is 0. The van der Waals surface area contributed by atoms with E-state index in [1.165, 1.54) is 0 Å². The minimum absolute atomic E-state index is 0.341. The van der Waals surface area contributed by atoms with E-state index < -0.39 is 17.9 Å². The Morgan fingerprint density at radius 1 is 0.560 bits per heavy atom. The van der Waals surface area contributed by atoms with Gasteiger partial charge in [-0.15, -0.1) is 5.92 Å². The quantitative estimate of drug-likeness (QED) is 0.240. The molecule has 0 heterocycles. The summed E-state index contributed by atoms with van der Waals surface area (Å²) in [6.07, 6.45) is 0.476. The first kappa shape index (κ1) is 24.7. The fraction of sp³-hybridized carbons (Fsp3) is 0.875. The third-order valence-electron chi connectivity index (χ3n) is 2.71. The van der Waals surface area contributed by atoms with Crippen LogP contribution in [-0.2, 0) is 31.0 Å². The van der Waals surface area contributed by atoms with Crippen LogP contribution in [0.2, 0.25) is 0 Å². The van der Waals surface area contributed by atoms with Crippen LogP contribution >= 0.6 is 0 Å². The molecule has 0 saturated carbocycles. The van der Waals surface area contributed by atoms with Crippen molar-refractivity contribution in [3.63, 3.8) is 0 Å². The number of hydrogen-bond acceptors (Lipinski definition) is 7. The Morgan fingerprint density at radius 3 is 1.32 bits per heavy atom. The van der Waals surface area contributed by atoms with Crippen molar-refractivity contribution >= 4 is 17.9 Å². The topological polar surface area (TPSA) is 64.6 Å². The summed E-state index contributed by atoms with van der Waals surface area (Å²) in [6, 6.07) is 0. The molecular weight excluding hydrogens is 360 g/mol. The van der Waals surface area contributed by atoms with Gasteiger partial charge in [0.15, 0.2) is 0 Å². The lowest BCUT2D eigenvalue weighted by atomic mass is 10.5. The molecule has 0 rings (SSSR count). The predicted octanol–water partition coefficient (Wildman–Crippen LogP) is 2.53. The second-order valence-corrected chi connectivity index (χ2v) is 8.94. The van der Waals surface area contributed by atoms with Crippen LogP contribution in [-0.4, -0.2) is 64.1 Å². The van der Waals surface area contributed by atoms with E-state index in [0.717, 1.165) is 0 Å². The predicted molar refractivity (Wildman–Crippen MR) is 99.6 cm³/mol. The Labute approximate surface area is 155 Å². The first-order valence-corrected chi connectivity index (χ1v) is 12.4. The zero-order valence-corrected chi connectivity index (χ0v) is 18.5. The van der Waals surface area contributed by atoms with Crippen LogP contribution in [0.1, 0.15) is 48.0 Å². The van der Waals surface area contributed by atoms with Crippen molar-refractivity contribution in [1.29, 1.82) is 0 Å². The van der Waals surface area contributed by atoms with Crippen LogP contribution in [0.25, 0.3) is 0 Å². The van der Waals surface area contributed by atoms with Crippen LogP contribution < -0.4 is 0 Å². The highest BCUT2D eigenvalue weighted by atomic mass is 28.4. The summed E-state index contributed by atoms with van der Waals surface area (Å²) in [5.41, 5.74) is 3.05. The Kier molecular flexibility index (Phi) is 14.7. The van der Waals surface area contributed by atoms with Gasteiger partial charge in [0.1, 0.15) is 0 Å². The van der Waals surface area contributed by atoms with Gasteiger partial charge in [-0.3, -0.25) is 0 Å². The van der Waals surface area contributed by atoms with Crippen molar-refractivity contribution in [1.82, 2.24) is 0 Å². The molecule has 0 atom stereocenters. The molecule has 0 fully saturated rings. The lowest BCUT2D eigenvalue weighted by molar-refractivity contribution is -0.0262. The van der Waals surface area contributed by atoms with Gasteiger partial charge < -0.3 is 31.0 Å². The van der Waals surface area contributed by atoms with Gasteiger partial charge in [0.2, 0.25) is 0 Å². The van der Waals surface area contributed by atoms with E-state index in [2.05, 4.69) is 11.5 Å². The molecule has 148 valence electrons. The van der Waals surface area contributed by atoms with Crippen LogP contribution in [0.15, 0.2) is 0 Å². The largest absolute Gasteiger partial charge is 0.679 e. The zero-order valence-electron chi connectivity index (χ0n) is 16.5. The minimum Gasteiger partial charge on any atom is -0.364 e. The lowest BCUT2D eigenvalue weighted by Crippen LogP contribution is -2.49. The summed E-state index contributed by atoms with van der Waals surface area (Å²) in [4.78, 5) is 0. The van der Waals surface area contributed by atoms with E-state index in [-0.39, 0.29) is 0 Å². The van der Waals surface area contributed by atoms with Gasteiger partial charge in [-0.05, 0) is 47.1 Å². The lowest BCUT2D eigenvalue weighted by Gasteiger charge is -2.26. The third kappa shape index (κ3) is 9.84. The van der Waals surface area contributed by atoms with E-state index in [1.807, 2.05) is 41.5 Å². The van der Waals surface area contributed by atoms with Gasteiger partial charge in [-0.1, -0.05) is 0 Å². The molecule has 0 aromatic rings. The molecule has 0 amide bonds. The monoisotopic (exact) mass is 394 g/mol. The summed E-state index contributed by atoms with van der Waals surface area (Å²) in [7, 11) is -6.02. The van der Waals surface area contributed by atoms with E-state index in [1.54, 1.807) is 0 Å². The van der Waals surface area contributed by atoms with Crippen LogP contribution in [0.4, 0.5) is 0 Å². The molecule has 0 radical (unpaired) electrons. The standard InChI is InChI=1S/C16H34O7Si2/c1-7-17-24(18-8-2,19-9-3)16-14-13-15-23-25(20-10-4,21-11-5)22-12-6/h7-13,15H2,1-6H3. The zero-order chi connectivity index (χ0) is 19.0. The Bertz CT molecular complexity index is 350. The normalized spacial score (nSPS) is 12.1. The molecule has 0 aromatic heterocycles. The maximum Gasteiger partial charge on any atom is 0.679 e. The highest BCUT2D eigenvalue weighted by molar-refractivity contribution is 6.69. The SMILES string of the molecule is CCO[Si](C#CCCO[Si](OCC)(OCC)OCC)(OCC)OCC. The van der Waals surface area contributed by atoms with E-state index in [0.29, 0.717) is 52.7 Å². The Hall–Kier alpha value is -0.286. The highest BCUT2D eigenvalue weighted by Gasteiger charge is 2.44. The molecule has 0 saturated heterocycles. The minimum atomic E-state index is -3.09. The first-order chi connectivity index (χ1) is 12.1. The van der Waals surface area contributed by atoms with E-state index in [4.69, 9.17) is 31.0 Å². The van der Waals surface area contributed by atoms with Gasteiger partial charge in [-0.25, -0.2) is 0 Å². The molecule has 0 aromatic carbocycles. The molecule has 9 heteroatoms. The average molecular weight is 395 g/mol. The van der Waals surface area contributed by atoms with Crippen molar-refractivity contribution in [3.05, 3.63) is 0 Å². The molecule has 0 spiro atoms. The summed E-state index contributed by atoms with van der Waals surface area (Å²) in [5, 5.41) is 0. The molecule has 0 N–H and O–H groups in total. The number of rotatable bonds is 15. The molecule has 0 aliphatic heterocycles. The van der Waals surface area contributed by atoms with E-state index in [9.17, 15) is 0 Å². The van der Waals surface area contributed by atoms with Gasteiger partial charge in [0, 0.05) is 46.1 Å². The highest BCUT2D eigenvalue weighted by Crippen LogP contribution is 2.13. The Balaban J connectivity index is 4.80. The fourth-order valence-corrected chi connectivity index (χ4v) is 5.84. The van der Waals surface area contributed by atoms with E-state index >= 15 is 0 Å². The smallest absolute Gasteiger partial charge is 0.364 e. The summed E-state index contributed by atoms with van der Waals surface area (Å²) in [5.74, 6) is 3.05. The molecule has 0 aliphatic carbocycles. The van der Waals surface area contributed by atoms with Gasteiger partial charge in [-0.2, -0.15) is 0 Å². The average Bonchev–Trinajstić information content (AvgIpc) is 2.56. The molecule has 0 bridgehead atoms. The van der Waals surface area contributed by atoms with Gasteiger partial charge >= 0.3 is 17.9 Å². The molecule has 0 unspecified atom stereocenters. The summed E-state index contributed by atoms with van der Waals surface area (Å²) in [6.45, 7) is 14.6. The maximum absolute atomic E-state index is 5.81. The summed E-state index contributed by atoms with van der Waals surface area (Å²) < 4.78 is 39.8. The van der Waals surface area contributed by atoms with Gasteiger partial charge in [0.25, 0.3) is 0 Å². The second kappa shape index (κ2) is 14.8. The molecule has 7 nitrogen and oxygen atoms in total. The van der Waals surface area contributed by atoms with Crippen molar-refractivity contribution in [2.24, 2.45) is 0 Å². The van der Waals surface area contributed by atoms with Crippen molar-refractivity contribution in [2.75, 3.05) is 46.2 Å². The molecular formula is C16H34O7Si2. The molecule has 25 heavy (non-hydrogen) atoms. The molecule has 0 aliphatic rings. The fourth-order valence-electron chi connectivity index (χ4n) is 1.98. The van der Waals surface area contributed by atoms with Gasteiger partial charge in [0.05, 0.1) is 6.61 Å². The van der Waals surface area contributed by atoms with Crippen LogP contribution in [0.3, 0.4) is 0 Å². The van der Waals surface area contributed by atoms with Crippen molar-refractivity contribution < 1.29 is 31.0 Å². The third-order valence-corrected chi connectivity index (χ3v) is 7.69.